The predicted molar refractivity (Wildman–Crippen MR) is 185 cm³/mol. The van der Waals surface area contributed by atoms with Crippen molar-refractivity contribution in [2.45, 2.75) is 46.4 Å². The zero-order chi connectivity index (χ0) is 32.4. The van der Waals surface area contributed by atoms with Gasteiger partial charge in [-0.15, -0.1) is 0 Å². The quantitative estimate of drug-likeness (QED) is 0.161. The van der Waals surface area contributed by atoms with E-state index in [1.165, 1.54) is 11.3 Å². The zero-order valence-corrected chi connectivity index (χ0v) is 30.2. The number of thiazole rings is 1. The lowest BCUT2D eigenvalue weighted by Gasteiger charge is -2.25. The van der Waals surface area contributed by atoms with Gasteiger partial charge in [0.05, 0.1) is 43.5 Å². The molecule has 1 aliphatic rings. The molecule has 45 heavy (non-hydrogen) atoms. The number of esters is 1. The van der Waals surface area contributed by atoms with E-state index in [9.17, 15) is 9.59 Å². The van der Waals surface area contributed by atoms with Crippen molar-refractivity contribution in [1.82, 2.24) is 4.57 Å². The third kappa shape index (κ3) is 7.41. The molecule has 0 amide bonds. The van der Waals surface area contributed by atoms with E-state index in [0.29, 0.717) is 51.1 Å². The molecule has 0 saturated carbocycles. The molecule has 1 aromatic heterocycles. The summed E-state index contributed by atoms with van der Waals surface area (Å²) < 4.78 is 20.6. The minimum atomic E-state index is -0.718. The predicted octanol–water partition coefficient (Wildman–Crippen LogP) is 8.00. The number of rotatable bonds is 9. The molecule has 0 unspecified atom stereocenters. The van der Waals surface area contributed by atoms with Crippen LogP contribution in [-0.2, 0) is 16.1 Å². The van der Waals surface area contributed by atoms with Crippen molar-refractivity contribution in [1.29, 1.82) is 0 Å². The molecule has 4 aromatic rings. The van der Waals surface area contributed by atoms with E-state index in [2.05, 4.69) is 36.9 Å². The summed E-state index contributed by atoms with van der Waals surface area (Å²) in [5.41, 5.74) is 2.83. The molecule has 1 atom stereocenters. The third-order valence-corrected chi connectivity index (χ3v) is 9.54. The Balaban J connectivity index is 1.53. The van der Waals surface area contributed by atoms with Gasteiger partial charge in [0.1, 0.15) is 18.1 Å². The summed E-state index contributed by atoms with van der Waals surface area (Å²) in [6.45, 7) is 7.84. The Morgan fingerprint density at radius 1 is 1.09 bits per heavy atom. The normalized spacial score (nSPS) is 14.8. The van der Waals surface area contributed by atoms with Crippen LogP contribution in [0.15, 0.2) is 84.6 Å². The summed E-state index contributed by atoms with van der Waals surface area (Å²) in [7, 11) is 0. The van der Waals surface area contributed by atoms with Gasteiger partial charge >= 0.3 is 5.97 Å². The van der Waals surface area contributed by atoms with Crippen molar-refractivity contribution in [3.8, 4) is 11.5 Å². The van der Waals surface area contributed by atoms with Gasteiger partial charge in [-0.05, 0) is 113 Å². The van der Waals surface area contributed by atoms with Gasteiger partial charge in [-0.2, -0.15) is 0 Å². The summed E-state index contributed by atoms with van der Waals surface area (Å²) in [4.78, 5) is 32.3. The Labute approximate surface area is 291 Å². The van der Waals surface area contributed by atoms with E-state index >= 15 is 0 Å². The SMILES string of the molecule is CCOC(=O)C1=C(C)N=c2s/c(=C\c3cc(Br)c(OCc4ccc(Cl)cc4Cl)c(Br)c3)c(=O)n2[C@@H]1c1ccc(OC(C)C)cc1. The fraction of sp³-hybridized carbons (Fsp3) is 0.242. The lowest BCUT2D eigenvalue weighted by Crippen LogP contribution is -2.39. The highest BCUT2D eigenvalue weighted by Gasteiger charge is 2.33. The van der Waals surface area contributed by atoms with Gasteiger partial charge in [-0.25, -0.2) is 9.79 Å². The lowest BCUT2D eigenvalue weighted by molar-refractivity contribution is -0.139. The van der Waals surface area contributed by atoms with Crippen LogP contribution in [0.3, 0.4) is 0 Å². The molecular formula is C33H28Br2Cl2N2O5S. The summed E-state index contributed by atoms with van der Waals surface area (Å²) in [5.74, 6) is 0.766. The van der Waals surface area contributed by atoms with Crippen molar-refractivity contribution in [2.75, 3.05) is 6.61 Å². The molecule has 3 aromatic carbocycles. The van der Waals surface area contributed by atoms with Gasteiger partial charge < -0.3 is 14.2 Å². The molecule has 1 aliphatic heterocycles. The zero-order valence-electron chi connectivity index (χ0n) is 24.7. The minimum Gasteiger partial charge on any atom is -0.491 e. The number of benzene rings is 3. The highest BCUT2D eigenvalue weighted by Crippen LogP contribution is 2.36. The molecule has 7 nitrogen and oxygen atoms in total. The maximum absolute atomic E-state index is 14.0. The second kappa shape index (κ2) is 14.3. The number of hydrogen-bond acceptors (Lipinski definition) is 7. The molecule has 5 rings (SSSR count). The third-order valence-electron chi connectivity index (χ3n) is 6.79. The molecular weight excluding hydrogens is 767 g/mol. The average molecular weight is 795 g/mol. The average Bonchev–Trinajstić information content (AvgIpc) is 3.27. The van der Waals surface area contributed by atoms with Crippen LogP contribution in [0.1, 0.15) is 50.4 Å². The highest BCUT2D eigenvalue weighted by atomic mass is 79.9. The molecule has 0 fully saturated rings. The number of carbonyl (C=O) groups is 1. The Kier molecular flexibility index (Phi) is 10.6. The van der Waals surface area contributed by atoms with Crippen LogP contribution < -0.4 is 24.4 Å². The lowest BCUT2D eigenvalue weighted by atomic mass is 9.96. The summed E-state index contributed by atoms with van der Waals surface area (Å²) >= 11 is 20.8. The summed E-state index contributed by atoms with van der Waals surface area (Å²) in [6, 6.07) is 15.6. The molecule has 0 N–H and O–H groups in total. The van der Waals surface area contributed by atoms with Crippen LogP contribution in [-0.4, -0.2) is 23.2 Å². The Morgan fingerprint density at radius 3 is 2.40 bits per heavy atom. The number of hydrogen-bond donors (Lipinski definition) is 0. The minimum absolute atomic E-state index is 0.00781. The second-order valence-corrected chi connectivity index (χ2v) is 13.9. The van der Waals surface area contributed by atoms with E-state index in [4.69, 9.17) is 37.4 Å². The number of carbonyl (C=O) groups excluding carboxylic acids is 1. The maximum atomic E-state index is 14.0. The van der Waals surface area contributed by atoms with E-state index in [0.717, 1.165) is 16.7 Å². The number of ether oxygens (including phenoxy) is 3. The van der Waals surface area contributed by atoms with E-state index in [1.807, 2.05) is 56.3 Å². The molecule has 0 saturated heterocycles. The van der Waals surface area contributed by atoms with Crippen LogP contribution >= 0.6 is 66.4 Å². The Morgan fingerprint density at radius 2 is 1.78 bits per heavy atom. The van der Waals surface area contributed by atoms with Crippen molar-refractivity contribution < 1.29 is 19.0 Å². The Bertz CT molecular complexity index is 1960. The van der Waals surface area contributed by atoms with Crippen LogP contribution in [0.4, 0.5) is 0 Å². The summed E-state index contributed by atoms with van der Waals surface area (Å²) in [6.07, 6.45) is 1.80. The number of halogens is 4. The molecule has 0 radical (unpaired) electrons. The van der Waals surface area contributed by atoms with Crippen molar-refractivity contribution >= 4 is 78.4 Å². The molecule has 0 bridgehead atoms. The topological polar surface area (TPSA) is 79.1 Å². The van der Waals surface area contributed by atoms with Gasteiger partial charge in [-0.3, -0.25) is 9.36 Å². The smallest absolute Gasteiger partial charge is 0.338 e. The van der Waals surface area contributed by atoms with Gasteiger partial charge in [0, 0.05) is 15.6 Å². The molecule has 234 valence electrons. The van der Waals surface area contributed by atoms with E-state index < -0.39 is 12.0 Å². The number of fused-ring (bicyclic) bond motifs is 1. The van der Waals surface area contributed by atoms with Gasteiger partial charge in [-0.1, -0.05) is 52.7 Å². The van der Waals surface area contributed by atoms with Crippen molar-refractivity contribution in [3.63, 3.8) is 0 Å². The van der Waals surface area contributed by atoms with E-state index in [-0.39, 0.29) is 24.9 Å². The van der Waals surface area contributed by atoms with Gasteiger partial charge in [0.15, 0.2) is 4.80 Å². The first-order valence-corrected chi connectivity index (χ1v) is 17.1. The van der Waals surface area contributed by atoms with E-state index in [1.54, 1.807) is 36.6 Å². The first-order valence-electron chi connectivity index (χ1n) is 14.0. The monoisotopic (exact) mass is 792 g/mol. The molecule has 12 heteroatoms. The maximum Gasteiger partial charge on any atom is 0.338 e. The van der Waals surface area contributed by atoms with Gasteiger partial charge in [0.25, 0.3) is 5.56 Å². The number of allylic oxidation sites excluding steroid dienone is 1. The molecule has 0 aliphatic carbocycles. The van der Waals surface area contributed by atoms with Crippen LogP contribution in [0.5, 0.6) is 11.5 Å². The Hall–Kier alpha value is -2.89. The summed E-state index contributed by atoms with van der Waals surface area (Å²) in [5, 5.41) is 1.06. The number of aromatic nitrogens is 1. The van der Waals surface area contributed by atoms with Crippen LogP contribution in [0.2, 0.25) is 10.0 Å². The van der Waals surface area contributed by atoms with Crippen molar-refractivity contribution in [3.05, 3.63) is 121 Å². The van der Waals surface area contributed by atoms with Crippen LogP contribution in [0.25, 0.3) is 6.08 Å². The van der Waals surface area contributed by atoms with Gasteiger partial charge in [0.2, 0.25) is 0 Å². The first kappa shape index (κ1) is 33.5. The highest BCUT2D eigenvalue weighted by molar-refractivity contribution is 9.11. The molecule has 2 heterocycles. The largest absolute Gasteiger partial charge is 0.491 e. The fourth-order valence-corrected chi connectivity index (χ4v) is 7.81. The fourth-order valence-electron chi connectivity index (χ4n) is 4.85. The number of nitrogens with zero attached hydrogens (tertiary/aromatic N) is 2. The first-order chi connectivity index (χ1) is 21.5. The van der Waals surface area contributed by atoms with Crippen molar-refractivity contribution in [2.24, 2.45) is 4.99 Å². The van der Waals surface area contributed by atoms with Crippen LogP contribution in [0, 0.1) is 0 Å². The second-order valence-electron chi connectivity index (χ2n) is 10.4. The standard InChI is InChI=1S/C33H28Br2Cl2N2O5S/c1-5-42-32(41)28-18(4)38-33-39(29(28)20-7-10-23(11-8-20)44-17(2)3)31(40)27(45-33)14-19-12-24(34)30(25(35)13-19)43-16-21-6-9-22(36)15-26(21)37/h6-15,17,29H,5,16H2,1-4H3/b27-14-/t29-/m1/s1. The molecule has 0 spiro atoms.